The van der Waals surface area contributed by atoms with Crippen molar-refractivity contribution >= 4 is 17.9 Å². The van der Waals surface area contributed by atoms with Crippen LogP contribution in [0.1, 0.15) is 17.3 Å². The van der Waals surface area contributed by atoms with Crippen LogP contribution >= 0.6 is 0 Å². The first kappa shape index (κ1) is 13.6. The van der Waals surface area contributed by atoms with Crippen molar-refractivity contribution in [2.75, 3.05) is 13.2 Å². The summed E-state index contributed by atoms with van der Waals surface area (Å²) in [6.45, 7) is 1.60. The number of amides is 3. The summed E-state index contributed by atoms with van der Waals surface area (Å²) in [5.74, 6) is -1.34. The number of carbonyl (C=O) groups is 3. The van der Waals surface area contributed by atoms with Crippen LogP contribution in [-0.2, 0) is 9.53 Å². The van der Waals surface area contributed by atoms with E-state index in [1.54, 1.807) is 6.92 Å². The molecular formula is C11H13N3O4. The molecule has 0 radical (unpaired) electrons. The van der Waals surface area contributed by atoms with Gasteiger partial charge in [-0.2, -0.15) is 0 Å². The van der Waals surface area contributed by atoms with Crippen LogP contribution in [0, 0.1) is 0 Å². The van der Waals surface area contributed by atoms with Crippen LogP contribution in [0.25, 0.3) is 0 Å². The Bertz CT molecular complexity index is 433. The number of urea groups is 1. The van der Waals surface area contributed by atoms with Gasteiger partial charge in [0.25, 0.3) is 5.91 Å². The Morgan fingerprint density at radius 2 is 1.94 bits per heavy atom. The quantitative estimate of drug-likeness (QED) is 0.739. The molecule has 1 rings (SSSR count). The molecule has 0 fully saturated rings. The molecule has 0 unspecified atom stereocenters. The van der Waals surface area contributed by atoms with Gasteiger partial charge in [-0.1, -0.05) is 0 Å². The third kappa shape index (κ3) is 4.60. The Hall–Kier alpha value is -2.44. The molecule has 0 aliphatic rings. The lowest BCUT2D eigenvalue weighted by atomic mass is 10.3. The molecule has 7 nitrogen and oxygen atoms in total. The van der Waals surface area contributed by atoms with Gasteiger partial charge in [-0.05, 0) is 19.1 Å². The Kier molecular flexibility index (Phi) is 5.30. The number of aromatic nitrogens is 1. The molecule has 3 amide bonds. The SMILES string of the molecule is CCNC(=O)NC(=O)COC(=O)c1ccncc1. The summed E-state index contributed by atoms with van der Waals surface area (Å²) in [5, 5.41) is 4.39. The highest BCUT2D eigenvalue weighted by Crippen LogP contribution is 1.98. The molecule has 0 aliphatic heterocycles. The molecule has 0 aliphatic carbocycles. The molecule has 0 saturated heterocycles. The van der Waals surface area contributed by atoms with Gasteiger partial charge in [0.2, 0.25) is 0 Å². The molecule has 0 saturated carbocycles. The number of pyridine rings is 1. The van der Waals surface area contributed by atoms with Gasteiger partial charge in [0, 0.05) is 18.9 Å². The van der Waals surface area contributed by atoms with Crippen molar-refractivity contribution < 1.29 is 19.1 Å². The molecule has 18 heavy (non-hydrogen) atoms. The largest absolute Gasteiger partial charge is 0.452 e. The van der Waals surface area contributed by atoms with Gasteiger partial charge in [-0.25, -0.2) is 9.59 Å². The van der Waals surface area contributed by atoms with Crippen LogP contribution < -0.4 is 10.6 Å². The molecule has 0 spiro atoms. The smallest absolute Gasteiger partial charge is 0.338 e. The fraction of sp³-hybridized carbons (Fsp3) is 0.273. The summed E-state index contributed by atoms with van der Waals surface area (Å²) >= 11 is 0. The average molecular weight is 251 g/mol. The number of ether oxygens (including phenoxy) is 1. The van der Waals surface area contributed by atoms with Crippen LogP contribution in [0.5, 0.6) is 0 Å². The summed E-state index contributed by atoms with van der Waals surface area (Å²) < 4.78 is 4.71. The number of nitrogens with one attached hydrogen (secondary N) is 2. The average Bonchev–Trinajstić information content (AvgIpc) is 2.37. The summed E-state index contributed by atoms with van der Waals surface area (Å²) in [7, 11) is 0. The number of nitrogens with zero attached hydrogens (tertiary/aromatic N) is 1. The number of carbonyl (C=O) groups excluding carboxylic acids is 3. The first-order chi connectivity index (χ1) is 8.63. The van der Waals surface area contributed by atoms with Crippen molar-refractivity contribution in [2.24, 2.45) is 0 Å². The minimum atomic E-state index is -0.691. The van der Waals surface area contributed by atoms with Crippen LogP contribution in [0.2, 0.25) is 0 Å². The van der Waals surface area contributed by atoms with Gasteiger partial charge in [-0.3, -0.25) is 15.1 Å². The molecular weight excluding hydrogens is 238 g/mol. The van der Waals surface area contributed by atoms with E-state index >= 15 is 0 Å². The molecule has 2 N–H and O–H groups in total. The second kappa shape index (κ2) is 7.00. The van der Waals surface area contributed by atoms with E-state index in [1.807, 2.05) is 5.32 Å². The highest BCUT2D eigenvalue weighted by molar-refractivity contribution is 5.96. The Labute approximate surface area is 104 Å². The molecule has 1 aromatic heterocycles. The van der Waals surface area contributed by atoms with Crippen LogP contribution in [0.4, 0.5) is 4.79 Å². The van der Waals surface area contributed by atoms with E-state index in [0.717, 1.165) is 0 Å². The molecule has 0 atom stereocenters. The van der Waals surface area contributed by atoms with E-state index in [1.165, 1.54) is 24.5 Å². The van der Waals surface area contributed by atoms with E-state index in [2.05, 4.69) is 10.3 Å². The number of hydrogen-bond donors (Lipinski definition) is 2. The van der Waals surface area contributed by atoms with Crippen molar-refractivity contribution in [1.82, 2.24) is 15.6 Å². The lowest BCUT2D eigenvalue weighted by molar-refractivity contribution is -0.123. The molecule has 96 valence electrons. The highest BCUT2D eigenvalue weighted by atomic mass is 16.5. The predicted octanol–water partition coefficient (Wildman–Crippen LogP) is 0.0841. The Morgan fingerprint density at radius 1 is 1.28 bits per heavy atom. The van der Waals surface area contributed by atoms with E-state index in [-0.39, 0.29) is 5.56 Å². The van der Waals surface area contributed by atoms with Crippen LogP contribution in [-0.4, -0.2) is 36.0 Å². The topological polar surface area (TPSA) is 97.4 Å². The second-order valence-corrected chi connectivity index (χ2v) is 3.22. The van der Waals surface area contributed by atoms with Crippen molar-refractivity contribution in [3.8, 4) is 0 Å². The summed E-state index contributed by atoms with van der Waals surface area (Å²) in [4.78, 5) is 37.4. The standard InChI is InChI=1S/C11H13N3O4/c1-2-13-11(17)14-9(15)7-18-10(16)8-3-5-12-6-4-8/h3-6H,2,7H2,1H3,(H2,13,14,15,17). The zero-order valence-electron chi connectivity index (χ0n) is 9.80. The maximum Gasteiger partial charge on any atom is 0.338 e. The zero-order chi connectivity index (χ0) is 13.4. The van der Waals surface area contributed by atoms with Gasteiger partial charge in [0.1, 0.15) is 0 Å². The fourth-order valence-corrected chi connectivity index (χ4v) is 1.07. The van der Waals surface area contributed by atoms with Crippen molar-refractivity contribution in [2.45, 2.75) is 6.92 Å². The fourth-order valence-electron chi connectivity index (χ4n) is 1.07. The number of imide groups is 1. The third-order valence-corrected chi connectivity index (χ3v) is 1.84. The number of hydrogen-bond acceptors (Lipinski definition) is 5. The van der Waals surface area contributed by atoms with E-state index in [0.29, 0.717) is 6.54 Å². The van der Waals surface area contributed by atoms with Crippen molar-refractivity contribution in [1.29, 1.82) is 0 Å². The summed E-state index contributed by atoms with van der Waals surface area (Å²) in [6, 6.07) is 2.30. The Morgan fingerprint density at radius 3 is 2.56 bits per heavy atom. The van der Waals surface area contributed by atoms with E-state index in [9.17, 15) is 14.4 Å². The van der Waals surface area contributed by atoms with Crippen LogP contribution in [0.3, 0.4) is 0 Å². The van der Waals surface area contributed by atoms with Gasteiger partial charge in [0.05, 0.1) is 5.56 Å². The van der Waals surface area contributed by atoms with E-state index < -0.39 is 24.5 Å². The minimum Gasteiger partial charge on any atom is -0.452 e. The van der Waals surface area contributed by atoms with Gasteiger partial charge < -0.3 is 10.1 Å². The van der Waals surface area contributed by atoms with Crippen molar-refractivity contribution in [3.63, 3.8) is 0 Å². The van der Waals surface area contributed by atoms with E-state index in [4.69, 9.17) is 4.74 Å². The predicted molar refractivity (Wildman–Crippen MR) is 61.7 cm³/mol. The molecule has 1 heterocycles. The highest BCUT2D eigenvalue weighted by Gasteiger charge is 2.11. The minimum absolute atomic E-state index is 0.288. The maximum atomic E-state index is 11.4. The maximum absolute atomic E-state index is 11.4. The molecule has 0 bridgehead atoms. The molecule has 1 aromatic rings. The third-order valence-electron chi connectivity index (χ3n) is 1.84. The van der Waals surface area contributed by atoms with Gasteiger partial charge in [0.15, 0.2) is 6.61 Å². The number of rotatable bonds is 4. The lowest BCUT2D eigenvalue weighted by Crippen LogP contribution is -2.41. The Balaban J connectivity index is 2.35. The van der Waals surface area contributed by atoms with Gasteiger partial charge >= 0.3 is 12.0 Å². The first-order valence-electron chi connectivity index (χ1n) is 5.28. The van der Waals surface area contributed by atoms with Crippen LogP contribution in [0.15, 0.2) is 24.5 Å². The summed E-state index contributed by atoms with van der Waals surface area (Å²) in [5.41, 5.74) is 0.288. The second-order valence-electron chi connectivity index (χ2n) is 3.22. The van der Waals surface area contributed by atoms with Crippen molar-refractivity contribution in [3.05, 3.63) is 30.1 Å². The van der Waals surface area contributed by atoms with Gasteiger partial charge in [-0.15, -0.1) is 0 Å². The molecule has 7 heteroatoms. The zero-order valence-corrected chi connectivity index (χ0v) is 9.80. The summed E-state index contributed by atoms with van der Waals surface area (Å²) in [6.07, 6.45) is 2.87. The molecule has 0 aromatic carbocycles. The first-order valence-corrected chi connectivity index (χ1v) is 5.28. The normalized spacial score (nSPS) is 9.39. The lowest BCUT2D eigenvalue weighted by Gasteiger charge is -2.05. The number of esters is 1. The monoisotopic (exact) mass is 251 g/mol.